The van der Waals surface area contributed by atoms with E-state index in [2.05, 4.69) is 63.7 Å². The van der Waals surface area contributed by atoms with Gasteiger partial charge in [-0.25, -0.2) is 4.98 Å². The average molecular weight is 417 g/mol. The van der Waals surface area contributed by atoms with Crippen LogP contribution in [0.2, 0.25) is 0 Å². The van der Waals surface area contributed by atoms with E-state index in [1.165, 1.54) is 14.0 Å². The Morgan fingerprint density at radius 2 is 2.20 bits per heavy atom. The van der Waals surface area contributed by atoms with E-state index in [0.717, 1.165) is 23.4 Å². The van der Waals surface area contributed by atoms with Crippen LogP contribution in [0.25, 0.3) is 11.0 Å². The third kappa shape index (κ3) is 2.61. The fraction of sp³-hybridized carbons (Fsp3) is 0.267. The Morgan fingerprint density at radius 1 is 1.40 bits per heavy atom. The molecule has 5 heteroatoms. The number of imidazole rings is 1. The van der Waals surface area contributed by atoms with Crippen molar-refractivity contribution in [3.8, 4) is 0 Å². The van der Waals surface area contributed by atoms with E-state index in [-0.39, 0.29) is 5.38 Å². The molecule has 0 saturated heterocycles. The molecule has 2 aromatic heterocycles. The van der Waals surface area contributed by atoms with Crippen molar-refractivity contribution in [1.82, 2.24) is 9.55 Å². The Bertz CT molecular complexity index is 760. The number of benzene rings is 1. The van der Waals surface area contributed by atoms with Crippen molar-refractivity contribution in [2.24, 2.45) is 0 Å². The lowest BCUT2D eigenvalue weighted by molar-refractivity contribution is 0.748. The fourth-order valence-electron chi connectivity index (χ4n) is 2.30. The molecular weight excluding hydrogens is 403 g/mol. The summed E-state index contributed by atoms with van der Waals surface area (Å²) in [7, 11) is 0. The highest BCUT2D eigenvalue weighted by Crippen LogP contribution is 2.28. The van der Waals surface area contributed by atoms with Crippen molar-refractivity contribution in [2.45, 2.75) is 25.8 Å². The van der Waals surface area contributed by atoms with Gasteiger partial charge in [0, 0.05) is 8.45 Å². The molecule has 1 aromatic carbocycles. The Balaban J connectivity index is 2.16. The molecule has 0 saturated carbocycles. The first-order valence-electron chi connectivity index (χ1n) is 6.39. The van der Waals surface area contributed by atoms with Crippen LogP contribution in [0.3, 0.4) is 0 Å². The number of aryl methyl sites for hydroxylation is 1. The van der Waals surface area contributed by atoms with E-state index in [1.54, 1.807) is 11.3 Å². The van der Waals surface area contributed by atoms with Gasteiger partial charge in [0.25, 0.3) is 0 Å². The molecule has 0 fully saturated rings. The van der Waals surface area contributed by atoms with E-state index >= 15 is 0 Å². The van der Waals surface area contributed by atoms with Crippen molar-refractivity contribution in [2.75, 3.05) is 0 Å². The zero-order chi connectivity index (χ0) is 14.3. The van der Waals surface area contributed by atoms with Crippen LogP contribution in [0.1, 0.15) is 28.6 Å². The summed E-state index contributed by atoms with van der Waals surface area (Å²) in [6, 6.07) is 8.52. The smallest absolute Gasteiger partial charge is 0.128 e. The highest BCUT2D eigenvalue weighted by molar-refractivity contribution is 14.1. The second kappa shape index (κ2) is 5.66. The SMILES string of the molecule is Cc1ccsc1Cn1c(C(C)Cl)nc2cc(I)ccc21. The topological polar surface area (TPSA) is 17.8 Å². The minimum Gasteiger partial charge on any atom is -0.321 e. The van der Waals surface area contributed by atoms with Gasteiger partial charge in [0.15, 0.2) is 0 Å². The second-order valence-corrected chi connectivity index (χ2v) is 7.73. The first kappa shape index (κ1) is 14.4. The molecule has 20 heavy (non-hydrogen) atoms. The Morgan fingerprint density at radius 3 is 2.85 bits per heavy atom. The van der Waals surface area contributed by atoms with Crippen LogP contribution in [0.4, 0.5) is 0 Å². The molecule has 3 aromatic rings. The second-order valence-electron chi connectivity index (χ2n) is 4.83. The van der Waals surface area contributed by atoms with Gasteiger partial charge in [-0.1, -0.05) is 0 Å². The van der Waals surface area contributed by atoms with Crippen LogP contribution >= 0.6 is 45.5 Å². The molecule has 0 radical (unpaired) electrons. The minimum atomic E-state index is -0.0969. The molecule has 2 heterocycles. The summed E-state index contributed by atoms with van der Waals surface area (Å²) >= 11 is 10.4. The van der Waals surface area contributed by atoms with Gasteiger partial charge in [-0.05, 0) is 71.6 Å². The zero-order valence-electron chi connectivity index (χ0n) is 11.2. The molecular formula is C15H14ClIN2S. The fourth-order valence-corrected chi connectivity index (χ4v) is 3.84. The molecule has 2 nitrogen and oxygen atoms in total. The Labute approximate surface area is 140 Å². The van der Waals surface area contributed by atoms with Gasteiger partial charge in [-0.2, -0.15) is 0 Å². The van der Waals surface area contributed by atoms with Crippen molar-refractivity contribution < 1.29 is 0 Å². The van der Waals surface area contributed by atoms with Crippen LogP contribution in [-0.2, 0) is 6.54 Å². The number of hydrogen-bond acceptors (Lipinski definition) is 2. The van der Waals surface area contributed by atoms with Gasteiger partial charge in [0.05, 0.1) is 23.0 Å². The van der Waals surface area contributed by atoms with E-state index in [1.807, 2.05) is 6.92 Å². The predicted octanol–water partition coefficient (Wildman–Crippen LogP) is 5.36. The lowest BCUT2D eigenvalue weighted by Crippen LogP contribution is -2.05. The monoisotopic (exact) mass is 416 g/mol. The van der Waals surface area contributed by atoms with Crippen molar-refractivity contribution >= 4 is 56.6 Å². The van der Waals surface area contributed by atoms with Gasteiger partial charge in [-0.3, -0.25) is 0 Å². The molecule has 0 aliphatic heterocycles. The van der Waals surface area contributed by atoms with E-state index in [0.29, 0.717) is 0 Å². The van der Waals surface area contributed by atoms with Gasteiger partial charge in [-0.15, -0.1) is 22.9 Å². The molecule has 0 N–H and O–H groups in total. The first-order valence-corrected chi connectivity index (χ1v) is 8.78. The van der Waals surface area contributed by atoms with Crippen LogP contribution in [0.15, 0.2) is 29.6 Å². The predicted molar refractivity (Wildman–Crippen MR) is 94.9 cm³/mol. The van der Waals surface area contributed by atoms with Crippen LogP contribution < -0.4 is 0 Å². The van der Waals surface area contributed by atoms with Gasteiger partial charge >= 0.3 is 0 Å². The lowest BCUT2D eigenvalue weighted by atomic mass is 10.2. The number of hydrogen-bond donors (Lipinski definition) is 0. The van der Waals surface area contributed by atoms with Crippen LogP contribution in [-0.4, -0.2) is 9.55 Å². The highest BCUT2D eigenvalue weighted by Gasteiger charge is 2.16. The first-order chi connectivity index (χ1) is 9.56. The van der Waals surface area contributed by atoms with Crippen LogP contribution in [0, 0.1) is 10.5 Å². The quantitative estimate of drug-likeness (QED) is 0.415. The molecule has 0 bridgehead atoms. The lowest BCUT2D eigenvalue weighted by Gasteiger charge is -2.10. The molecule has 104 valence electrons. The molecule has 0 amide bonds. The minimum absolute atomic E-state index is 0.0969. The molecule has 0 aliphatic carbocycles. The summed E-state index contributed by atoms with van der Waals surface area (Å²) in [6.45, 7) is 4.97. The van der Waals surface area contributed by atoms with Gasteiger partial charge < -0.3 is 4.57 Å². The summed E-state index contributed by atoms with van der Waals surface area (Å²) in [5.74, 6) is 0.941. The zero-order valence-corrected chi connectivity index (χ0v) is 15.0. The summed E-state index contributed by atoms with van der Waals surface area (Å²) in [6.07, 6.45) is 0. The number of thiophene rings is 1. The number of fused-ring (bicyclic) bond motifs is 1. The van der Waals surface area contributed by atoms with Crippen molar-refractivity contribution in [3.05, 3.63) is 49.5 Å². The number of nitrogens with zero attached hydrogens (tertiary/aromatic N) is 2. The summed E-state index contributed by atoms with van der Waals surface area (Å²) in [5.41, 5.74) is 3.50. The standard InChI is InChI=1S/C15H14ClIN2S/c1-9-5-6-20-14(9)8-19-13-4-3-11(17)7-12(13)18-15(19)10(2)16/h3-7,10H,8H2,1-2H3. The van der Waals surface area contributed by atoms with E-state index in [9.17, 15) is 0 Å². The molecule has 0 aliphatic rings. The maximum atomic E-state index is 6.32. The summed E-state index contributed by atoms with van der Waals surface area (Å²) in [5, 5.41) is 2.04. The molecule has 1 atom stereocenters. The molecule has 0 spiro atoms. The normalized spacial score (nSPS) is 13.0. The molecule has 1 unspecified atom stereocenters. The number of halogens is 2. The van der Waals surface area contributed by atoms with E-state index < -0.39 is 0 Å². The van der Waals surface area contributed by atoms with Crippen LogP contribution in [0.5, 0.6) is 0 Å². The maximum absolute atomic E-state index is 6.32. The number of rotatable bonds is 3. The van der Waals surface area contributed by atoms with E-state index in [4.69, 9.17) is 16.6 Å². The number of alkyl halides is 1. The number of aromatic nitrogens is 2. The third-order valence-corrected chi connectivity index (χ3v) is 5.24. The maximum Gasteiger partial charge on any atom is 0.128 e. The molecule has 3 rings (SSSR count). The summed E-state index contributed by atoms with van der Waals surface area (Å²) < 4.78 is 3.43. The van der Waals surface area contributed by atoms with Gasteiger partial charge in [0.1, 0.15) is 5.82 Å². The average Bonchev–Trinajstić information content (AvgIpc) is 2.95. The van der Waals surface area contributed by atoms with Gasteiger partial charge in [0.2, 0.25) is 0 Å². The third-order valence-electron chi connectivity index (χ3n) is 3.37. The highest BCUT2D eigenvalue weighted by atomic mass is 127. The van der Waals surface area contributed by atoms with Crippen molar-refractivity contribution in [1.29, 1.82) is 0 Å². The van der Waals surface area contributed by atoms with Crippen molar-refractivity contribution in [3.63, 3.8) is 0 Å². The Kier molecular flexibility index (Phi) is 4.06. The summed E-state index contributed by atoms with van der Waals surface area (Å²) in [4.78, 5) is 6.08. The largest absolute Gasteiger partial charge is 0.321 e. The Hall–Kier alpha value is -0.590.